The van der Waals surface area contributed by atoms with Crippen LogP contribution in [-0.4, -0.2) is 35.7 Å². The van der Waals surface area contributed by atoms with Gasteiger partial charge in [-0.3, -0.25) is 14.6 Å². The van der Waals surface area contributed by atoms with Crippen LogP contribution >= 0.6 is 11.6 Å². The number of nitrogens with zero attached hydrogens (tertiary/aromatic N) is 2. The summed E-state index contributed by atoms with van der Waals surface area (Å²) in [5.41, 5.74) is -0.864. The molecule has 1 aromatic heterocycles. The second-order valence-corrected chi connectivity index (χ2v) is 8.30. The fraction of sp³-hybridized carbons (Fsp3) is 0.231. The van der Waals surface area contributed by atoms with Gasteiger partial charge in [0.1, 0.15) is 17.2 Å². The Morgan fingerprint density at radius 2 is 1.89 bits per heavy atom. The van der Waals surface area contributed by atoms with Gasteiger partial charge in [-0.25, -0.2) is 0 Å². The number of carbonyl (C=O) groups is 2. The second-order valence-electron chi connectivity index (χ2n) is 7.89. The van der Waals surface area contributed by atoms with Crippen LogP contribution in [0.4, 0.5) is 13.2 Å². The van der Waals surface area contributed by atoms with Gasteiger partial charge < -0.3 is 19.9 Å². The van der Waals surface area contributed by atoms with Crippen LogP contribution in [0.1, 0.15) is 40.0 Å². The van der Waals surface area contributed by atoms with E-state index in [1.54, 1.807) is 30.3 Å². The summed E-state index contributed by atoms with van der Waals surface area (Å²) < 4.78 is 50.2. The number of carbonyl (C=O) groups excluding carboxylic acids is 1. The molecule has 0 aliphatic carbocycles. The number of methoxy groups -OCH3 is 1. The summed E-state index contributed by atoms with van der Waals surface area (Å²) in [7, 11) is 1.49. The van der Waals surface area contributed by atoms with Gasteiger partial charge in [0, 0.05) is 41.9 Å². The lowest BCUT2D eigenvalue weighted by molar-refractivity contribution is -0.141. The first-order valence-corrected chi connectivity index (χ1v) is 11.5. The van der Waals surface area contributed by atoms with Gasteiger partial charge in [-0.05, 0) is 24.6 Å². The molecule has 0 radical (unpaired) electrons. The largest absolute Gasteiger partial charge is 0.496 e. The van der Waals surface area contributed by atoms with Crippen molar-refractivity contribution in [3.8, 4) is 28.7 Å². The van der Waals surface area contributed by atoms with E-state index in [1.807, 2.05) is 0 Å². The Labute approximate surface area is 220 Å². The molecule has 0 fully saturated rings. The molecule has 0 aliphatic heterocycles. The van der Waals surface area contributed by atoms with Gasteiger partial charge in [-0.15, -0.1) is 0 Å². The lowest BCUT2D eigenvalue weighted by Gasteiger charge is -2.16. The predicted octanol–water partition coefficient (Wildman–Crippen LogP) is 5.47. The van der Waals surface area contributed by atoms with E-state index in [0.29, 0.717) is 17.4 Å². The van der Waals surface area contributed by atoms with Crippen LogP contribution in [-0.2, 0) is 17.5 Å². The van der Waals surface area contributed by atoms with Crippen molar-refractivity contribution >= 4 is 23.5 Å². The minimum Gasteiger partial charge on any atom is -0.496 e. The Morgan fingerprint density at radius 3 is 2.55 bits per heavy atom. The van der Waals surface area contributed by atoms with Crippen LogP contribution in [0.15, 0.2) is 48.7 Å². The van der Waals surface area contributed by atoms with E-state index in [0.717, 1.165) is 6.20 Å². The van der Waals surface area contributed by atoms with E-state index in [-0.39, 0.29) is 59.0 Å². The van der Waals surface area contributed by atoms with Crippen molar-refractivity contribution in [1.82, 2.24) is 10.3 Å². The Bertz CT molecular complexity index is 1390. The zero-order chi connectivity index (χ0) is 27.9. The third-order valence-electron chi connectivity index (χ3n) is 5.34. The summed E-state index contributed by atoms with van der Waals surface area (Å²) >= 11 is 6.39. The van der Waals surface area contributed by atoms with Crippen LogP contribution in [0.5, 0.6) is 11.5 Å². The maximum atomic E-state index is 13.2. The van der Waals surface area contributed by atoms with E-state index in [9.17, 15) is 28.0 Å². The molecule has 0 aliphatic rings. The van der Waals surface area contributed by atoms with Gasteiger partial charge in [0.15, 0.2) is 0 Å². The number of carboxylic acid groups (broad SMARTS) is 1. The van der Waals surface area contributed by atoms with Crippen LogP contribution < -0.4 is 14.8 Å². The molecule has 1 amide bonds. The quantitative estimate of drug-likeness (QED) is 0.323. The number of aliphatic carboxylic acids is 1. The topological polar surface area (TPSA) is 122 Å². The summed E-state index contributed by atoms with van der Waals surface area (Å²) in [6.45, 7) is 0.0323. The number of carboxylic acids is 1. The molecule has 1 heterocycles. The third-order valence-corrected chi connectivity index (χ3v) is 5.66. The minimum absolute atomic E-state index is 0.0123. The summed E-state index contributed by atoms with van der Waals surface area (Å²) in [6, 6.07) is 11.9. The SMILES string of the molecule is COc1ccccc1CNC(=O)c1cc(-c2cnc(C(F)(F)F)cc2C#N)c(Cl)cc1OCCCC(=O)O. The molecule has 12 heteroatoms. The summed E-state index contributed by atoms with van der Waals surface area (Å²) in [6.07, 6.45) is -3.90. The zero-order valence-electron chi connectivity index (χ0n) is 19.9. The number of aromatic nitrogens is 1. The van der Waals surface area contributed by atoms with Gasteiger partial charge in [0.2, 0.25) is 0 Å². The number of ether oxygens (including phenoxy) is 2. The van der Waals surface area contributed by atoms with Crippen LogP contribution in [0.3, 0.4) is 0 Å². The monoisotopic (exact) mass is 547 g/mol. The first kappa shape index (κ1) is 28.3. The zero-order valence-corrected chi connectivity index (χ0v) is 20.7. The predicted molar refractivity (Wildman–Crippen MR) is 131 cm³/mol. The van der Waals surface area contributed by atoms with Gasteiger partial charge in [0.25, 0.3) is 5.91 Å². The number of nitrogens with one attached hydrogen (secondary N) is 1. The first-order valence-electron chi connectivity index (χ1n) is 11.1. The van der Waals surface area contributed by atoms with Crippen molar-refractivity contribution in [3.05, 3.63) is 76.1 Å². The number of hydrogen-bond acceptors (Lipinski definition) is 6. The molecule has 38 heavy (non-hydrogen) atoms. The molecule has 0 atom stereocenters. The maximum absolute atomic E-state index is 13.2. The van der Waals surface area contributed by atoms with E-state index < -0.39 is 23.7 Å². The van der Waals surface area contributed by atoms with Crippen molar-refractivity contribution in [3.63, 3.8) is 0 Å². The molecular weight excluding hydrogens is 527 g/mol. The molecule has 0 unspecified atom stereocenters. The molecule has 0 spiro atoms. The molecule has 0 bridgehead atoms. The lowest BCUT2D eigenvalue weighted by Crippen LogP contribution is -2.24. The average molecular weight is 548 g/mol. The molecule has 8 nitrogen and oxygen atoms in total. The molecule has 3 aromatic rings. The van der Waals surface area contributed by atoms with Crippen molar-refractivity contribution in [1.29, 1.82) is 5.26 Å². The highest BCUT2D eigenvalue weighted by molar-refractivity contribution is 6.33. The fourth-order valence-corrected chi connectivity index (χ4v) is 3.76. The van der Waals surface area contributed by atoms with E-state index in [2.05, 4.69) is 10.3 Å². The van der Waals surface area contributed by atoms with Crippen LogP contribution in [0, 0.1) is 11.3 Å². The molecule has 2 aromatic carbocycles. The molecule has 0 saturated heterocycles. The number of hydrogen-bond donors (Lipinski definition) is 2. The normalized spacial score (nSPS) is 10.9. The number of para-hydroxylation sites is 1. The number of pyridine rings is 1. The second kappa shape index (κ2) is 12.3. The van der Waals surface area contributed by atoms with Crippen LogP contribution in [0.25, 0.3) is 11.1 Å². The van der Waals surface area contributed by atoms with Gasteiger partial charge in [0.05, 0.1) is 35.9 Å². The molecule has 2 N–H and O–H groups in total. The number of amides is 1. The number of alkyl halides is 3. The third kappa shape index (κ3) is 6.92. The molecule has 3 rings (SSSR count). The van der Waals surface area contributed by atoms with E-state index in [1.165, 1.54) is 19.2 Å². The molecular formula is C26H21ClF3N3O5. The average Bonchev–Trinajstić information content (AvgIpc) is 2.89. The van der Waals surface area contributed by atoms with Gasteiger partial charge in [-0.2, -0.15) is 18.4 Å². The Kier molecular flexibility index (Phi) is 9.15. The van der Waals surface area contributed by atoms with Gasteiger partial charge in [-0.1, -0.05) is 29.8 Å². The highest BCUT2D eigenvalue weighted by Crippen LogP contribution is 2.37. The number of benzene rings is 2. The number of halogens is 4. The smallest absolute Gasteiger partial charge is 0.433 e. The maximum Gasteiger partial charge on any atom is 0.433 e. The lowest BCUT2D eigenvalue weighted by atomic mass is 9.98. The minimum atomic E-state index is -4.76. The number of rotatable bonds is 10. The van der Waals surface area contributed by atoms with Crippen molar-refractivity contribution in [2.24, 2.45) is 0 Å². The Balaban J connectivity index is 2.01. The van der Waals surface area contributed by atoms with E-state index in [4.69, 9.17) is 26.2 Å². The summed E-state index contributed by atoms with van der Waals surface area (Å²) in [4.78, 5) is 27.4. The van der Waals surface area contributed by atoms with E-state index >= 15 is 0 Å². The van der Waals surface area contributed by atoms with Crippen molar-refractivity contribution < 1.29 is 37.3 Å². The highest BCUT2D eigenvalue weighted by atomic mass is 35.5. The summed E-state index contributed by atoms with van der Waals surface area (Å²) in [5.74, 6) is -1.06. The Morgan fingerprint density at radius 1 is 1.16 bits per heavy atom. The van der Waals surface area contributed by atoms with Crippen LogP contribution in [0.2, 0.25) is 5.02 Å². The number of nitriles is 1. The molecule has 0 saturated carbocycles. The van der Waals surface area contributed by atoms with Gasteiger partial charge >= 0.3 is 12.1 Å². The Hall–Kier alpha value is -4.30. The molecule has 198 valence electrons. The van der Waals surface area contributed by atoms with Crippen molar-refractivity contribution in [2.45, 2.75) is 25.6 Å². The van der Waals surface area contributed by atoms with Crippen molar-refractivity contribution in [2.75, 3.05) is 13.7 Å². The standard InChI is InChI=1S/C26H21ClF3N3O5/c1-37-21-6-3-2-5-15(21)13-33-25(36)18-10-17(20(27)11-22(18)38-8-4-7-24(34)35)19-14-32-23(26(28,29)30)9-16(19)12-31/h2-3,5-6,9-11,14H,4,7-8,13H2,1H3,(H,33,36)(H,34,35). The highest BCUT2D eigenvalue weighted by Gasteiger charge is 2.33. The first-order chi connectivity index (χ1) is 18.0. The fourth-order valence-electron chi connectivity index (χ4n) is 3.50. The summed E-state index contributed by atoms with van der Waals surface area (Å²) in [5, 5.41) is 21.0.